The Bertz CT molecular complexity index is 667. The minimum absolute atomic E-state index is 0.0338. The van der Waals surface area contributed by atoms with Crippen LogP contribution in [0.5, 0.6) is 0 Å². The molecule has 0 saturated carbocycles. The molecular formula is C20H24N2O3. The third-order valence-electron chi connectivity index (χ3n) is 4.32. The lowest BCUT2D eigenvalue weighted by Gasteiger charge is -2.24. The van der Waals surface area contributed by atoms with Crippen molar-refractivity contribution in [2.45, 2.75) is 31.4 Å². The lowest BCUT2D eigenvalue weighted by atomic mass is 10.1. The van der Waals surface area contributed by atoms with Crippen molar-refractivity contribution >= 4 is 17.3 Å². The van der Waals surface area contributed by atoms with Crippen molar-refractivity contribution in [1.29, 1.82) is 0 Å². The van der Waals surface area contributed by atoms with Gasteiger partial charge in [-0.25, -0.2) is 0 Å². The van der Waals surface area contributed by atoms with Crippen LogP contribution in [0, 0.1) is 0 Å². The van der Waals surface area contributed by atoms with Gasteiger partial charge in [-0.1, -0.05) is 30.3 Å². The third-order valence-corrected chi connectivity index (χ3v) is 4.32. The summed E-state index contributed by atoms with van der Waals surface area (Å²) in [6, 6.07) is 17.3. The summed E-state index contributed by atoms with van der Waals surface area (Å²) in [5.41, 5.74) is 2.51. The van der Waals surface area contributed by atoms with E-state index in [0.29, 0.717) is 6.04 Å². The molecular weight excluding hydrogens is 316 g/mol. The van der Waals surface area contributed by atoms with E-state index in [1.807, 2.05) is 54.6 Å². The number of ether oxygens (including phenoxy) is 1. The Morgan fingerprint density at radius 3 is 2.36 bits per heavy atom. The Kier molecular flexibility index (Phi) is 6.04. The Balaban J connectivity index is 1.49. The number of rotatable bonds is 6. The van der Waals surface area contributed by atoms with Crippen LogP contribution in [-0.2, 0) is 9.53 Å². The van der Waals surface area contributed by atoms with Crippen molar-refractivity contribution in [2.75, 3.05) is 23.8 Å². The fourth-order valence-electron chi connectivity index (χ4n) is 2.91. The Labute approximate surface area is 148 Å². The predicted molar refractivity (Wildman–Crippen MR) is 98.6 cm³/mol. The molecule has 3 rings (SSSR count). The highest BCUT2D eigenvalue weighted by Crippen LogP contribution is 2.20. The first-order chi connectivity index (χ1) is 12.2. The Hall–Kier alpha value is -2.37. The molecule has 2 aromatic carbocycles. The van der Waals surface area contributed by atoms with Crippen molar-refractivity contribution < 1.29 is 14.6 Å². The van der Waals surface area contributed by atoms with Crippen LogP contribution in [-0.4, -0.2) is 30.3 Å². The number of benzene rings is 2. The molecule has 2 aromatic rings. The topological polar surface area (TPSA) is 70.6 Å². The normalized spacial score (nSPS) is 16.2. The minimum atomic E-state index is -0.796. The van der Waals surface area contributed by atoms with E-state index in [-0.39, 0.29) is 12.3 Å². The fourth-order valence-corrected chi connectivity index (χ4v) is 2.91. The fraction of sp³-hybridized carbons (Fsp3) is 0.350. The first-order valence-electron chi connectivity index (χ1n) is 8.68. The molecule has 1 fully saturated rings. The van der Waals surface area contributed by atoms with E-state index in [4.69, 9.17) is 4.74 Å². The maximum atomic E-state index is 12.1. The number of hydrogen-bond acceptors (Lipinski definition) is 4. The zero-order chi connectivity index (χ0) is 17.5. The van der Waals surface area contributed by atoms with Gasteiger partial charge in [-0.05, 0) is 42.7 Å². The van der Waals surface area contributed by atoms with Gasteiger partial charge in [-0.2, -0.15) is 0 Å². The second kappa shape index (κ2) is 8.65. The van der Waals surface area contributed by atoms with E-state index in [1.165, 1.54) is 0 Å². The second-order valence-electron chi connectivity index (χ2n) is 6.29. The van der Waals surface area contributed by atoms with E-state index < -0.39 is 6.10 Å². The second-order valence-corrected chi connectivity index (χ2v) is 6.29. The monoisotopic (exact) mass is 340 g/mol. The molecule has 1 atom stereocenters. The number of aliphatic hydroxyl groups excluding tert-OH is 1. The Morgan fingerprint density at radius 2 is 1.68 bits per heavy atom. The van der Waals surface area contributed by atoms with Crippen LogP contribution in [0.1, 0.15) is 30.9 Å². The minimum Gasteiger partial charge on any atom is -0.388 e. The first-order valence-corrected chi connectivity index (χ1v) is 8.68. The van der Waals surface area contributed by atoms with Crippen molar-refractivity contribution in [1.82, 2.24) is 0 Å². The number of anilines is 2. The maximum Gasteiger partial charge on any atom is 0.227 e. The van der Waals surface area contributed by atoms with Crippen LogP contribution in [0.25, 0.3) is 0 Å². The summed E-state index contributed by atoms with van der Waals surface area (Å²) in [7, 11) is 0. The highest BCUT2D eigenvalue weighted by molar-refractivity contribution is 5.91. The summed E-state index contributed by atoms with van der Waals surface area (Å²) in [6.45, 7) is 1.60. The van der Waals surface area contributed by atoms with Gasteiger partial charge in [-0.3, -0.25) is 4.79 Å². The molecule has 0 spiro atoms. The lowest BCUT2D eigenvalue weighted by molar-refractivity contribution is -0.118. The van der Waals surface area contributed by atoms with Crippen LogP contribution in [0.3, 0.4) is 0 Å². The van der Waals surface area contributed by atoms with Gasteiger partial charge in [0.15, 0.2) is 0 Å². The van der Waals surface area contributed by atoms with Gasteiger partial charge in [0.05, 0.1) is 12.5 Å². The van der Waals surface area contributed by atoms with E-state index in [9.17, 15) is 9.90 Å². The number of carbonyl (C=O) groups is 1. The summed E-state index contributed by atoms with van der Waals surface area (Å²) in [4.78, 5) is 12.1. The summed E-state index contributed by atoms with van der Waals surface area (Å²) in [5, 5.41) is 16.4. The molecule has 1 saturated heterocycles. The van der Waals surface area contributed by atoms with Crippen LogP contribution < -0.4 is 10.6 Å². The average molecular weight is 340 g/mol. The van der Waals surface area contributed by atoms with Crippen LogP contribution in [0.4, 0.5) is 11.4 Å². The van der Waals surface area contributed by atoms with Crippen molar-refractivity contribution in [3.05, 3.63) is 60.2 Å². The number of aliphatic hydroxyl groups is 1. The van der Waals surface area contributed by atoms with Crippen molar-refractivity contribution in [3.63, 3.8) is 0 Å². The van der Waals surface area contributed by atoms with Crippen LogP contribution in [0.2, 0.25) is 0 Å². The molecule has 25 heavy (non-hydrogen) atoms. The smallest absolute Gasteiger partial charge is 0.227 e. The van der Waals surface area contributed by atoms with Gasteiger partial charge in [0, 0.05) is 30.6 Å². The third kappa shape index (κ3) is 5.31. The maximum absolute atomic E-state index is 12.1. The van der Waals surface area contributed by atoms with E-state index in [1.54, 1.807) is 0 Å². The molecule has 1 unspecified atom stereocenters. The number of amides is 1. The molecule has 5 heteroatoms. The molecule has 5 nitrogen and oxygen atoms in total. The zero-order valence-corrected chi connectivity index (χ0v) is 14.2. The van der Waals surface area contributed by atoms with Gasteiger partial charge in [0.25, 0.3) is 0 Å². The van der Waals surface area contributed by atoms with Gasteiger partial charge in [0.2, 0.25) is 5.91 Å². The van der Waals surface area contributed by atoms with Gasteiger partial charge in [0.1, 0.15) is 0 Å². The molecule has 1 aliphatic rings. The summed E-state index contributed by atoms with van der Waals surface area (Å²) < 4.78 is 5.36. The summed E-state index contributed by atoms with van der Waals surface area (Å²) in [6.07, 6.45) is 1.26. The van der Waals surface area contributed by atoms with Crippen LogP contribution >= 0.6 is 0 Å². The zero-order valence-electron chi connectivity index (χ0n) is 14.2. The predicted octanol–water partition coefficient (Wildman–Crippen LogP) is 3.34. The number of hydrogen-bond donors (Lipinski definition) is 3. The SMILES string of the molecule is O=C(CC(O)c1ccccc1)Nc1ccc(NC2CCOCC2)cc1. The number of carbonyl (C=O) groups excluding carboxylic acids is 1. The summed E-state index contributed by atoms with van der Waals surface area (Å²) in [5.74, 6) is -0.207. The molecule has 1 heterocycles. The lowest BCUT2D eigenvalue weighted by Crippen LogP contribution is -2.27. The summed E-state index contributed by atoms with van der Waals surface area (Å²) >= 11 is 0. The first kappa shape index (κ1) is 17.5. The van der Waals surface area contributed by atoms with E-state index in [0.717, 1.165) is 43.0 Å². The van der Waals surface area contributed by atoms with Gasteiger partial charge in [-0.15, -0.1) is 0 Å². The van der Waals surface area contributed by atoms with E-state index in [2.05, 4.69) is 10.6 Å². The average Bonchev–Trinajstić information content (AvgIpc) is 2.65. The molecule has 0 radical (unpaired) electrons. The highest BCUT2D eigenvalue weighted by atomic mass is 16.5. The molecule has 0 aromatic heterocycles. The molecule has 0 aliphatic carbocycles. The quantitative estimate of drug-likeness (QED) is 0.754. The van der Waals surface area contributed by atoms with Gasteiger partial charge < -0.3 is 20.5 Å². The van der Waals surface area contributed by atoms with Gasteiger partial charge >= 0.3 is 0 Å². The van der Waals surface area contributed by atoms with E-state index >= 15 is 0 Å². The number of nitrogens with one attached hydrogen (secondary N) is 2. The molecule has 0 bridgehead atoms. The highest BCUT2D eigenvalue weighted by Gasteiger charge is 2.14. The molecule has 1 amide bonds. The standard InChI is InChI=1S/C20H24N2O3/c23-19(15-4-2-1-3-5-15)14-20(24)22-17-8-6-16(7-9-17)21-18-10-12-25-13-11-18/h1-9,18-19,21,23H,10-14H2,(H,22,24). The van der Waals surface area contributed by atoms with Crippen molar-refractivity contribution in [3.8, 4) is 0 Å². The van der Waals surface area contributed by atoms with Crippen molar-refractivity contribution in [2.24, 2.45) is 0 Å². The molecule has 1 aliphatic heterocycles. The Morgan fingerprint density at radius 1 is 1.04 bits per heavy atom. The largest absolute Gasteiger partial charge is 0.388 e. The molecule has 3 N–H and O–H groups in total. The molecule has 132 valence electrons. The van der Waals surface area contributed by atoms with Crippen LogP contribution in [0.15, 0.2) is 54.6 Å².